The number of aromatic nitrogens is 2. The highest BCUT2D eigenvalue weighted by Gasteiger charge is 2.20. The largest absolute Gasteiger partial charge is 0.362 e. The van der Waals surface area contributed by atoms with Crippen molar-refractivity contribution in [2.75, 3.05) is 11.6 Å². The zero-order valence-electron chi connectivity index (χ0n) is 11.8. The minimum absolute atomic E-state index is 0.156. The molecule has 1 N–H and O–H groups in total. The lowest BCUT2D eigenvalue weighted by molar-refractivity contribution is 0.392. The Morgan fingerprint density at radius 2 is 2.05 bits per heavy atom. The highest BCUT2D eigenvalue weighted by molar-refractivity contribution is 7.90. The predicted molar refractivity (Wildman–Crippen MR) is 75.4 cm³/mol. The fraction of sp³-hybridized carbons (Fsp3) is 0.385. The molecule has 20 heavy (non-hydrogen) atoms. The molecule has 2 heterocycles. The topological polar surface area (TPSA) is 85.1 Å². The molecule has 0 saturated heterocycles. The van der Waals surface area contributed by atoms with E-state index in [4.69, 9.17) is 4.52 Å². The summed E-state index contributed by atoms with van der Waals surface area (Å²) in [5.74, 6) is 1.04. The van der Waals surface area contributed by atoms with Gasteiger partial charge in [0.15, 0.2) is 9.84 Å². The van der Waals surface area contributed by atoms with Crippen LogP contribution in [0.2, 0.25) is 0 Å². The number of nitrogens with one attached hydrogen (secondary N) is 1. The smallest absolute Gasteiger partial charge is 0.179 e. The average Bonchev–Trinajstić information content (AvgIpc) is 2.68. The van der Waals surface area contributed by atoms with Gasteiger partial charge in [-0.2, -0.15) is 0 Å². The summed E-state index contributed by atoms with van der Waals surface area (Å²) in [6, 6.07) is 2.98. The van der Waals surface area contributed by atoms with Crippen molar-refractivity contribution in [3.63, 3.8) is 0 Å². The second-order valence-corrected chi connectivity index (χ2v) is 6.71. The van der Waals surface area contributed by atoms with Gasteiger partial charge in [0.1, 0.15) is 16.5 Å². The Balaban J connectivity index is 2.36. The Morgan fingerprint density at radius 3 is 2.60 bits per heavy atom. The first-order chi connectivity index (χ1) is 9.30. The van der Waals surface area contributed by atoms with Crippen molar-refractivity contribution in [3.8, 4) is 0 Å². The number of rotatable bonds is 4. The fourth-order valence-electron chi connectivity index (χ4n) is 2.18. The fourth-order valence-corrected chi connectivity index (χ4v) is 2.97. The van der Waals surface area contributed by atoms with E-state index in [-0.39, 0.29) is 10.9 Å². The molecule has 0 aliphatic rings. The van der Waals surface area contributed by atoms with Gasteiger partial charge in [0.2, 0.25) is 0 Å². The third-order valence-electron chi connectivity index (χ3n) is 3.04. The van der Waals surface area contributed by atoms with Gasteiger partial charge < -0.3 is 9.84 Å². The maximum absolute atomic E-state index is 11.7. The molecule has 108 valence electrons. The van der Waals surface area contributed by atoms with Gasteiger partial charge in [-0.05, 0) is 32.9 Å². The molecule has 6 nitrogen and oxygen atoms in total. The molecule has 0 aromatic carbocycles. The van der Waals surface area contributed by atoms with Crippen molar-refractivity contribution >= 4 is 15.7 Å². The molecule has 2 aromatic rings. The molecule has 0 aliphatic carbocycles. The van der Waals surface area contributed by atoms with E-state index in [1.165, 1.54) is 6.07 Å². The monoisotopic (exact) mass is 295 g/mol. The minimum atomic E-state index is -3.33. The van der Waals surface area contributed by atoms with Gasteiger partial charge in [0.25, 0.3) is 0 Å². The predicted octanol–water partition coefficient (Wildman–Crippen LogP) is 2.26. The minimum Gasteiger partial charge on any atom is -0.362 e. The van der Waals surface area contributed by atoms with Crippen molar-refractivity contribution < 1.29 is 12.9 Å². The van der Waals surface area contributed by atoms with Crippen molar-refractivity contribution in [2.45, 2.75) is 31.7 Å². The summed E-state index contributed by atoms with van der Waals surface area (Å²) in [6.45, 7) is 5.58. The first kappa shape index (κ1) is 14.5. The molecule has 0 amide bonds. The van der Waals surface area contributed by atoms with E-state index < -0.39 is 9.84 Å². The number of pyridine rings is 1. The molecule has 0 aliphatic heterocycles. The number of nitrogens with zero attached hydrogens (tertiary/aromatic N) is 2. The van der Waals surface area contributed by atoms with Crippen molar-refractivity contribution in [3.05, 3.63) is 35.3 Å². The van der Waals surface area contributed by atoms with Gasteiger partial charge in [-0.25, -0.2) is 13.4 Å². The number of hydrogen-bond acceptors (Lipinski definition) is 6. The highest BCUT2D eigenvalue weighted by Crippen LogP contribution is 2.27. The van der Waals surface area contributed by atoms with Gasteiger partial charge in [-0.15, -0.1) is 0 Å². The molecule has 0 bridgehead atoms. The zero-order chi connectivity index (χ0) is 14.9. The Bertz CT molecular complexity index is 703. The number of sulfone groups is 1. The van der Waals surface area contributed by atoms with Crippen LogP contribution in [-0.4, -0.2) is 24.8 Å². The third kappa shape index (κ3) is 2.82. The Hall–Kier alpha value is -1.89. The molecular weight excluding hydrogens is 278 g/mol. The molecular formula is C13H17N3O3S. The van der Waals surface area contributed by atoms with E-state index in [0.29, 0.717) is 11.6 Å². The number of anilines is 1. The molecule has 7 heteroatoms. The summed E-state index contributed by atoms with van der Waals surface area (Å²) in [4.78, 5) is 4.29. The lowest BCUT2D eigenvalue weighted by atomic mass is 10.1. The van der Waals surface area contributed by atoms with Gasteiger partial charge in [0, 0.05) is 18.0 Å². The van der Waals surface area contributed by atoms with Crippen LogP contribution in [0.4, 0.5) is 5.82 Å². The number of aryl methyl sites for hydroxylation is 2. The van der Waals surface area contributed by atoms with Gasteiger partial charge in [-0.3, -0.25) is 0 Å². The summed E-state index contributed by atoms with van der Waals surface area (Å²) in [7, 11) is -3.33. The maximum Gasteiger partial charge on any atom is 0.179 e. The Labute approximate surface area is 118 Å². The third-order valence-corrected chi connectivity index (χ3v) is 4.17. The molecule has 1 unspecified atom stereocenters. The van der Waals surface area contributed by atoms with E-state index in [1.54, 1.807) is 12.3 Å². The van der Waals surface area contributed by atoms with Crippen LogP contribution < -0.4 is 5.32 Å². The molecule has 2 aromatic heterocycles. The molecule has 0 saturated carbocycles. The molecule has 0 fully saturated rings. The number of hydrogen-bond donors (Lipinski definition) is 1. The summed E-state index contributed by atoms with van der Waals surface area (Å²) in [6.07, 6.45) is 2.72. The van der Waals surface area contributed by atoms with Crippen LogP contribution in [0, 0.1) is 13.8 Å². The maximum atomic E-state index is 11.7. The first-order valence-electron chi connectivity index (χ1n) is 6.15. The first-order valence-corrected chi connectivity index (χ1v) is 8.04. The lowest BCUT2D eigenvalue weighted by Gasteiger charge is -2.16. The van der Waals surface area contributed by atoms with Gasteiger partial charge >= 0.3 is 0 Å². The Morgan fingerprint density at radius 1 is 1.35 bits per heavy atom. The summed E-state index contributed by atoms with van der Waals surface area (Å²) in [5, 5.41) is 7.01. The van der Waals surface area contributed by atoms with Crippen LogP contribution in [0.1, 0.15) is 30.0 Å². The second kappa shape index (κ2) is 5.24. The van der Waals surface area contributed by atoms with Crippen molar-refractivity contribution in [2.24, 2.45) is 0 Å². The van der Waals surface area contributed by atoms with Crippen molar-refractivity contribution in [1.29, 1.82) is 0 Å². The second-order valence-electron chi connectivity index (χ2n) is 4.73. The van der Waals surface area contributed by atoms with Crippen LogP contribution in [-0.2, 0) is 9.84 Å². The molecule has 1 atom stereocenters. The average molecular weight is 295 g/mol. The molecule has 2 rings (SSSR count). The van der Waals surface area contributed by atoms with Crippen LogP contribution in [0.3, 0.4) is 0 Å². The molecule has 0 spiro atoms. The van der Waals surface area contributed by atoms with Gasteiger partial charge in [-0.1, -0.05) is 5.16 Å². The Kier molecular flexibility index (Phi) is 3.80. The van der Waals surface area contributed by atoms with Crippen LogP contribution in [0.5, 0.6) is 0 Å². The molecule has 0 radical (unpaired) electrons. The van der Waals surface area contributed by atoms with Gasteiger partial charge in [0.05, 0.1) is 11.7 Å². The quantitative estimate of drug-likeness (QED) is 0.931. The zero-order valence-corrected chi connectivity index (χ0v) is 12.7. The van der Waals surface area contributed by atoms with E-state index in [1.807, 2.05) is 20.8 Å². The normalized spacial score (nSPS) is 13.2. The van der Waals surface area contributed by atoms with Crippen molar-refractivity contribution in [1.82, 2.24) is 10.1 Å². The SMILES string of the molecule is Cc1noc(C)c1C(C)Nc1ncccc1S(C)(=O)=O. The standard InChI is InChI=1S/C13H17N3O3S/c1-8(12-9(2)16-19-10(12)3)15-13-11(20(4,17)18)6-5-7-14-13/h5-8H,1-4H3,(H,14,15). The van der Waals surface area contributed by atoms with E-state index >= 15 is 0 Å². The van der Waals surface area contributed by atoms with Crippen LogP contribution in [0.25, 0.3) is 0 Å². The van der Waals surface area contributed by atoms with E-state index in [2.05, 4.69) is 15.5 Å². The highest BCUT2D eigenvalue weighted by atomic mass is 32.2. The summed E-state index contributed by atoms with van der Waals surface area (Å²) >= 11 is 0. The lowest BCUT2D eigenvalue weighted by Crippen LogP contribution is -2.13. The summed E-state index contributed by atoms with van der Waals surface area (Å²) in [5.41, 5.74) is 1.69. The van der Waals surface area contributed by atoms with Crippen LogP contribution >= 0.6 is 0 Å². The van der Waals surface area contributed by atoms with E-state index in [0.717, 1.165) is 17.5 Å². The summed E-state index contributed by atoms with van der Waals surface area (Å²) < 4.78 is 28.6. The van der Waals surface area contributed by atoms with Crippen LogP contribution in [0.15, 0.2) is 27.7 Å². The van der Waals surface area contributed by atoms with E-state index in [9.17, 15) is 8.42 Å².